The Kier molecular flexibility index (Phi) is 5.16. The highest BCUT2D eigenvalue weighted by molar-refractivity contribution is 7.14. The van der Waals surface area contributed by atoms with Crippen molar-refractivity contribution in [3.8, 4) is 0 Å². The number of rotatable bonds is 3. The van der Waals surface area contributed by atoms with Gasteiger partial charge in [-0.05, 0) is 55.5 Å². The summed E-state index contributed by atoms with van der Waals surface area (Å²) < 4.78 is 0. The van der Waals surface area contributed by atoms with Crippen LogP contribution in [0, 0.1) is 12.8 Å². The van der Waals surface area contributed by atoms with Crippen LogP contribution in [0.15, 0.2) is 24.3 Å². The molecule has 3 rings (SSSR count). The summed E-state index contributed by atoms with van der Waals surface area (Å²) in [5.41, 5.74) is 2.83. The first-order chi connectivity index (χ1) is 11.8. The third kappa shape index (κ3) is 3.88. The summed E-state index contributed by atoms with van der Waals surface area (Å²) in [5.74, 6) is -0.0854. The summed E-state index contributed by atoms with van der Waals surface area (Å²) >= 11 is 7.72. The summed E-state index contributed by atoms with van der Waals surface area (Å²) in [6.45, 7) is 1.97. The average Bonchev–Trinajstić information content (AvgIpc) is 3.00. The van der Waals surface area contributed by atoms with Crippen LogP contribution in [0.1, 0.15) is 32.1 Å². The average molecular weight is 377 g/mol. The van der Waals surface area contributed by atoms with Crippen LogP contribution >= 0.6 is 22.9 Å². The molecule has 1 N–H and O–H groups in total. The molecule has 0 aliphatic heterocycles. The Labute approximate surface area is 156 Å². The monoisotopic (exact) mass is 376 g/mol. The van der Waals surface area contributed by atoms with Crippen LogP contribution in [0.3, 0.4) is 0 Å². The minimum atomic E-state index is -0.0963. The van der Waals surface area contributed by atoms with Gasteiger partial charge in [0.1, 0.15) is 0 Å². The lowest BCUT2D eigenvalue weighted by atomic mass is 9.87. The Bertz CT molecular complexity index is 829. The zero-order valence-corrected chi connectivity index (χ0v) is 16.1. The molecule has 1 unspecified atom stereocenters. The highest BCUT2D eigenvalue weighted by Gasteiger charge is 2.28. The summed E-state index contributed by atoms with van der Waals surface area (Å²) in [4.78, 5) is 28.3. The van der Waals surface area contributed by atoms with E-state index in [-0.39, 0.29) is 17.7 Å². The van der Waals surface area contributed by atoms with Crippen LogP contribution in [0.2, 0.25) is 5.02 Å². The van der Waals surface area contributed by atoms with Crippen LogP contribution in [0.25, 0.3) is 0 Å². The second-order valence-electron chi connectivity index (χ2n) is 6.67. The lowest BCUT2D eigenvalue weighted by molar-refractivity contribution is -0.120. The van der Waals surface area contributed by atoms with E-state index in [2.05, 4.69) is 5.32 Å². The molecule has 4 nitrogen and oxygen atoms in total. The van der Waals surface area contributed by atoms with E-state index >= 15 is 0 Å². The molecule has 0 radical (unpaired) electrons. The molecule has 1 aromatic heterocycles. The highest BCUT2D eigenvalue weighted by atomic mass is 35.5. The Morgan fingerprint density at radius 2 is 2.04 bits per heavy atom. The lowest BCUT2D eigenvalue weighted by Crippen LogP contribution is -2.27. The molecule has 1 aromatic carbocycles. The minimum absolute atomic E-state index is 0.00941. The normalized spacial score (nSPS) is 16.2. The van der Waals surface area contributed by atoms with Gasteiger partial charge in [0.05, 0.1) is 15.6 Å². The van der Waals surface area contributed by atoms with Gasteiger partial charge in [-0.25, -0.2) is 0 Å². The molecule has 2 aromatic rings. The number of carbonyl (C=O) groups is 2. The van der Waals surface area contributed by atoms with E-state index in [9.17, 15) is 9.59 Å². The minimum Gasteiger partial charge on any atom is -0.344 e. The number of anilines is 1. The van der Waals surface area contributed by atoms with Crippen molar-refractivity contribution in [2.75, 3.05) is 19.4 Å². The highest BCUT2D eigenvalue weighted by Crippen LogP contribution is 2.34. The van der Waals surface area contributed by atoms with E-state index in [1.807, 2.05) is 25.1 Å². The Hall–Kier alpha value is -1.85. The van der Waals surface area contributed by atoms with Crippen LogP contribution in [0.4, 0.5) is 5.69 Å². The van der Waals surface area contributed by atoms with Gasteiger partial charge < -0.3 is 10.2 Å². The van der Waals surface area contributed by atoms with Crippen molar-refractivity contribution in [2.24, 2.45) is 5.92 Å². The Morgan fingerprint density at radius 3 is 2.76 bits per heavy atom. The zero-order chi connectivity index (χ0) is 18.1. The van der Waals surface area contributed by atoms with Gasteiger partial charge in [0.2, 0.25) is 5.91 Å². The molecule has 1 heterocycles. The van der Waals surface area contributed by atoms with Crippen molar-refractivity contribution in [3.63, 3.8) is 0 Å². The zero-order valence-electron chi connectivity index (χ0n) is 14.6. The number of hydrogen-bond donors (Lipinski definition) is 1. The van der Waals surface area contributed by atoms with Crippen LogP contribution < -0.4 is 5.32 Å². The third-order valence-corrected chi connectivity index (χ3v) is 6.00. The molecule has 1 atom stereocenters. The Morgan fingerprint density at radius 1 is 1.28 bits per heavy atom. The fourth-order valence-electron chi connectivity index (χ4n) is 3.04. The molecular formula is C19H21ClN2O2S. The smallest absolute Gasteiger partial charge is 0.263 e. The molecule has 0 fully saturated rings. The standard InChI is InChI=1S/C19H21ClN2O2S/c1-11-4-6-14(20)15(8-11)21-18(23)12-5-7-16-13(9-12)10-17(25-16)19(24)22(2)3/h4,6,8,10,12H,5,7,9H2,1-3H3,(H,21,23). The van der Waals surface area contributed by atoms with Crippen molar-refractivity contribution in [2.45, 2.75) is 26.2 Å². The molecule has 0 spiro atoms. The molecule has 2 amide bonds. The number of fused-ring (bicyclic) bond motifs is 1. The Balaban J connectivity index is 1.73. The van der Waals surface area contributed by atoms with Crippen molar-refractivity contribution in [3.05, 3.63) is 50.2 Å². The van der Waals surface area contributed by atoms with E-state index < -0.39 is 0 Å². The van der Waals surface area contributed by atoms with Crippen molar-refractivity contribution < 1.29 is 9.59 Å². The van der Waals surface area contributed by atoms with E-state index in [1.54, 1.807) is 36.4 Å². The second kappa shape index (κ2) is 7.18. The largest absolute Gasteiger partial charge is 0.344 e. The number of halogens is 1. The van der Waals surface area contributed by atoms with Gasteiger partial charge in [-0.15, -0.1) is 11.3 Å². The predicted octanol–water partition coefficient (Wildman–Crippen LogP) is 4.16. The number of benzene rings is 1. The molecule has 132 valence electrons. The van der Waals surface area contributed by atoms with Crippen molar-refractivity contribution in [1.29, 1.82) is 0 Å². The van der Waals surface area contributed by atoms with Gasteiger partial charge in [0.25, 0.3) is 5.91 Å². The quantitative estimate of drug-likeness (QED) is 0.874. The third-order valence-electron chi connectivity index (χ3n) is 4.45. The number of carbonyl (C=O) groups excluding carboxylic acids is 2. The van der Waals surface area contributed by atoms with Crippen LogP contribution in [0.5, 0.6) is 0 Å². The van der Waals surface area contributed by atoms with Gasteiger partial charge >= 0.3 is 0 Å². The second-order valence-corrected chi connectivity index (χ2v) is 8.21. The fraction of sp³-hybridized carbons (Fsp3) is 0.368. The predicted molar refractivity (Wildman–Crippen MR) is 103 cm³/mol. The molecule has 25 heavy (non-hydrogen) atoms. The number of hydrogen-bond acceptors (Lipinski definition) is 3. The molecule has 1 aliphatic carbocycles. The van der Waals surface area contributed by atoms with Crippen molar-refractivity contribution >= 4 is 40.4 Å². The van der Waals surface area contributed by atoms with E-state index in [4.69, 9.17) is 11.6 Å². The number of nitrogens with zero attached hydrogens (tertiary/aromatic N) is 1. The number of aryl methyl sites for hydroxylation is 2. The van der Waals surface area contributed by atoms with Gasteiger partial charge in [0, 0.05) is 24.9 Å². The topological polar surface area (TPSA) is 49.4 Å². The first kappa shape index (κ1) is 18.0. The van der Waals surface area contributed by atoms with E-state index in [0.29, 0.717) is 17.1 Å². The maximum atomic E-state index is 12.6. The number of nitrogens with one attached hydrogen (secondary N) is 1. The van der Waals surface area contributed by atoms with Gasteiger partial charge in [-0.1, -0.05) is 17.7 Å². The van der Waals surface area contributed by atoms with Crippen LogP contribution in [-0.2, 0) is 17.6 Å². The number of thiophene rings is 1. The molecule has 1 aliphatic rings. The summed E-state index contributed by atoms with van der Waals surface area (Å²) in [5, 5.41) is 3.50. The molecular weight excluding hydrogens is 356 g/mol. The first-order valence-electron chi connectivity index (χ1n) is 8.25. The van der Waals surface area contributed by atoms with E-state index in [1.165, 1.54) is 4.88 Å². The lowest BCUT2D eigenvalue weighted by Gasteiger charge is -2.21. The summed E-state index contributed by atoms with van der Waals surface area (Å²) in [6.07, 6.45) is 2.29. The first-order valence-corrected chi connectivity index (χ1v) is 9.45. The summed E-state index contributed by atoms with van der Waals surface area (Å²) in [7, 11) is 3.51. The molecule has 0 bridgehead atoms. The summed E-state index contributed by atoms with van der Waals surface area (Å²) in [6, 6.07) is 7.54. The molecule has 0 saturated carbocycles. The van der Waals surface area contributed by atoms with E-state index in [0.717, 1.165) is 28.8 Å². The maximum absolute atomic E-state index is 12.6. The van der Waals surface area contributed by atoms with Crippen molar-refractivity contribution in [1.82, 2.24) is 4.90 Å². The number of amides is 2. The SMILES string of the molecule is Cc1ccc(Cl)c(NC(=O)C2CCc3sc(C(=O)N(C)C)cc3C2)c1. The molecule has 6 heteroatoms. The van der Waals surface area contributed by atoms with Gasteiger partial charge in [-0.3, -0.25) is 9.59 Å². The fourth-order valence-corrected chi connectivity index (χ4v) is 4.44. The molecule has 0 saturated heterocycles. The maximum Gasteiger partial charge on any atom is 0.263 e. The van der Waals surface area contributed by atoms with Gasteiger partial charge in [0.15, 0.2) is 0 Å². The van der Waals surface area contributed by atoms with Crippen LogP contribution in [-0.4, -0.2) is 30.8 Å². The van der Waals surface area contributed by atoms with Gasteiger partial charge in [-0.2, -0.15) is 0 Å².